The van der Waals surface area contributed by atoms with Gasteiger partial charge >= 0.3 is 6.01 Å². The van der Waals surface area contributed by atoms with E-state index in [1.165, 1.54) is 0 Å². The summed E-state index contributed by atoms with van der Waals surface area (Å²) in [5.41, 5.74) is 0. The van der Waals surface area contributed by atoms with Crippen LogP contribution in [0.4, 0.5) is 14.8 Å². The molecule has 0 radical (unpaired) electrons. The highest BCUT2D eigenvalue weighted by molar-refractivity contribution is 5.91. The van der Waals surface area contributed by atoms with E-state index in [9.17, 15) is 13.6 Å². The molecule has 0 saturated heterocycles. The Balaban J connectivity index is 1.66. The van der Waals surface area contributed by atoms with Crippen LogP contribution in [0.1, 0.15) is 19.3 Å². The molecule has 3 rings (SSSR count). The van der Waals surface area contributed by atoms with E-state index < -0.39 is 11.8 Å². The van der Waals surface area contributed by atoms with E-state index in [1.54, 1.807) is 0 Å². The molecule has 2 fully saturated rings. The minimum absolute atomic E-state index is 0.0181. The fourth-order valence-corrected chi connectivity index (χ4v) is 2.96. The lowest BCUT2D eigenvalue weighted by molar-refractivity contribution is -0.124. The normalized spacial score (nSPS) is 33.9. The molecule has 7 heteroatoms. The first-order valence-corrected chi connectivity index (χ1v) is 5.51. The topological polar surface area (TPSA) is 68.0 Å². The number of rotatable bonds is 2. The van der Waals surface area contributed by atoms with Crippen molar-refractivity contribution < 1.29 is 18.0 Å². The fourth-order valence-electron chi connectivity index (χ4n) is 2.96. The van der Waals surface area contributed by atoms with Crippen LogP contribution < -0.4 is 5.32 Å². The number of amides is 1. The Bertz CT molecular complexity index is 435. The van der Waals surface area contributed by atoms with Gasteiger partial charge in [0, 0.05) is 18.3 Å². The molecule has 0 spiro atoms. The molecular weight excluding hydrogens is 232 g/mol. The molecule has 92 valence electrons. The molecule has 2 aliphatic carbocycles. The van der Waals surface area contributed by atoms with Gasteiger partial charge < -0.3 is 4.42 Å². The standard InChI is InChI=1S/C10H11F2N3O2/c11-10(12)3-5-1-6(10)2-7(5)8(16)14-9-15-13-4-17-9/h4-7H,1-3H2,(H,14,15,16)/t5-,6-,7-/m0/s1. The van der Waals surface area contributed by atoms with Gasteiger partial charge in [-0.2, -0.15) is 0 Å². The van der Waals surface area contributed by atoms with Gasteiger partial charge in [-0.05, 0) is 18.8 Å². The van der Waals surface area contributed by atoms with Crippen molar-refractivity contribution in [2.75, 3.05) is 5.32 Å². The van der Waals surface area contributed by atoms with Gasteiger partial charge in [0.05, 0.1) is 0 Å². The first-order valence-electron chi connectivity index (χ1n) is 5.51. The maximum atomic E-state index is 13.3. The van der Waals surface area contributed by atoms with Crippen LogP contribution in [0.3, 0.4) is 0 Å². The molecule has 5 nitrogen and oxygen atoms in total. The molecule has 1 aromatic heterocycles. The highest BCUT2D eigenvalue weighted by atomic mass is 19.3. The van der Waals surface area contributed by atoms with Gasteiger partial charge in [0.25, 0.3) is 5.92 Å². The van der Waals surface area contributed by atoms with Crippen LogP contribution in [0.5, 0.6) is 0 Å². The van der Waals surface area contributed by atoms with Crippen LogP contribution in [-0.4, -0.2) is 22.0 Å². The molecule has 2 saturated carbocycles. The minimum atomic E-state index is -2.59. The molecule has 0 aliphatic heterocycles. The second-order valence-electron chi connectivity index (χ2n) is 4.73. The Labute approximate surface area is 95.6 Å². The van der Waals surface area contributed by atoms with Crippen LogP contribution in [0.15, 0.2) is 10.8 Å². The van der Waals surface area contributed by atoms with Crippen molar-refractivity contribution >= 4 is 11.9 Å². The van der Waals surface area contributed by atoms with Crippen LogP contribution in [0, 0.1) is 17.8 Å². The average Bonchev–Trinajstić information content (AvgIpc) is 2.90. The van der Waals surface area contributed by atoms with Gasteiger partial charge in [0.15, 0.2) is 0 Å². The molecule has 0 unspecified atom stereocenters. The lowest BCUT2D eigenvalue weighted by atomic mass is 9.86. The molecule has 17 heavy (non-hydrogen) atoms. The number of carbonyl (C=O) groups is 1. The minimum Gasteiger partial charge on any atom is -0.411 e. The summed E-state index contributed by atoms with van der Waals surface area (Å²) < 4.78 is 31.3. The lowest BCUT2D eigenvalue weighted by Gasteiger charge is -2.26. The molecular formula is C10H11F2N3O2. The van der Waals surface area contributed by atoms with E-state index >= 15 is 0 Å². The SMILES string of the molecule is O=C(Nc1nnco1)[C@H]1C[C@@H]2C[C@H]1CC2(F)F. The number of alkyl halides is 2. The van der Waals surface area contributed by atoms with E-state index in [2.05, 4.69) is 15.5 Å². The van der Waals surface area contributed by atoms with Gasteiger partial charge in [-0.3, -0.25) is 10.1 Å². The van der Waals surface area contributed by atoms with Crippen molar-refractivity contribution in [1.29, 1.82) is 0 Å². The number of aromatic nitrogens is 2. The number of fused-ring (bicyclic) bond motifs is 2. The monoisotopic (exact) mass is 243 g/mol. The summed E-state index contributed by atoms with van der Waals surface area (Å²) in [6.45, 7) is 0. The van der Waals surface area contributed by atoms with E-state index in [0.717, 1.165) is 6.39 Å². The number of nitrogens with zero attached hydrogens (tertiary/aromatic N) is 2. The predicted molar refractivity (Wildman–Crippen MR) is 52.2 cm³/mol. The molecule has 1 amide bonds. The summed E-state index contributed by atoms with van der Waals surface area (Å²) in [5.74, 6) is -4.11. The van der Waals surface area contributed by atoms with Crippen molar-refractivity contribution in [1.82, 2.24) is 10.2 Å². The third kappa shape index (κ3) is 1.69. The molecule has 3 atom stereocenters. The zero-order chi connectivity index (χ0) is 12.0. The van der Waals surface area contributed by atoms with Crippen molar-refractivity contribution in [2.24, 2.45) is 17.8 Å². The number of anilines is 1. The van der Waals surface area contributed by atoms with Gasteiger partial charge in [-0.1, -0.05) is 5.10 Å². The molecule has 0 aromatic carbocycles. The Kier molecular flexibility index (Phi) is 2.17. The van der Waals surface area contributed by atoms with E-state index in [1.807, 2.05) is 0 Å². The molecule has 2 aliphatic rings. The van der Waals surface area contributed by atoms with E-state index in [4.69, 9.17) is 4.42 Å². The Morgan fingerprint density at radius 3 is 2.88 bits per heavy atom. The lowest BCUT2D eigenvalue weighted by Crippen LogP contribution is -2.34. The van der Waals surface area contributed by atoms with Crippen LogP contribution in [-0.2, 0) is 4.79 Å². The number of hydrogen-bond donors (Lipinski definition) is 1. The van der Waals surface area contributed by atoms with Crippen molar-refractivity contribution in [3.8, 4) is 0 Å². The van der Waals surface area contributed by atoms with Crippen molar-refractivity contribution in [3.63, 3.8) is 0 Å². The second kappa shape index (κ2) is 3.48. The summed E-state index contributed by atoms with van der Waals surface area (Å²) in [4.78, 5) is 11.8. The van der Waals surface area contributed by atoms with Gasteiger partial charge in [0.2, 0.25) is 12.3 Å². The molecule has 1 N–H and O–H groups in total. The maximum absolute atomic E-state index is 13.3. The smallest absolute Gasteiger partial charge is 0.322 e. The highest BCUT2D eigenvalue weighted by Gasteiger charge is 2.58. The van der Waals surface area contributed by atoms with Crippen molar-refractivity contribution in [2.45, 2.75) is 25.2 Å². The Morgan fingerprint density at radius 1 is 1.53 bits per heavy atom. The summed E-state index contributed by atoms with van der Waals surface area (Å²) in [6.07, 6.45) is 1.61. The van der Waals surface area contributed by atoms with Crippen LogP contribution in [0.2, 0.25) is 0 Å². The summed E-state index contributed by atoms with van der Waals surface area (Å²) in [7, 11) is 0. The second-order valence-corrected chi connectivity index (χ2v) is 4.73. The van der Waals surface area contributed by atoms with E-state index in [0.29, 0.717) is 6.42 Å². The highest BCUT2D eigenvalue weighted by Crippen LogP contribution is 2.56. The maximum Gasteiger partial charge on any atom is 0.322 e. The first-order chi connectivity index (χ1) is 8.06. The summed E-state index contributed by atoms with van der Waals surface area (Å²) >= 11 is 0. The average molecular weight is 243 g/mol. The summed E-state index contributed by atoms with van der Waals surface area (Å²) in [5, 5.41) is 9.39. The van der Waals surface area contributed by atoms with Crippen LogP contribution >= 0.6 is 0 Å². The Morgan fingerprint density at radius 2 is 2.35 bits per heavy atom. The van der Waals surface area contributed by atoms with Gasteiger partial charge in [0.1, 0.15) is 0 Å². The summed E-state index contributed by atoms with van der Waals surface area (Å²) in [6, 6.07) is 0.0181. The molecule has 1 aromatic rings. The zero-order valence-corrected chi connectivity index (χ0v) is 8.90. The Hall–Kier alpha value is -1.53. The quantitative estimate of drug-likeness (QED) is 0.858. The number of carbonyl (C=O) groups excluding carboxylic acids is 1. The van der Waals surface area contributed by atoms with Gasteiger partial charge in [-0.25, -0.2) is 8.78 Å². The third-order valence-electron chi connectivity index (χ3n) is 3.75. The largest absolute Gasteiger partial charge is 0.411 e. The molecule has 2 bridgehead atoms. The number of nitrogens with one attached hydrogen (secondary N) is 1. The number of halogens is 2. The van der Waals surface area contributed by atoms with Gasteiger partial charge in [-0.15, -0.1) is 5.10 Å². The third-order valence-corrected chi connectivity index (χ3v) is 3.75. The predicted octanol–water partition coefficient (Wildman–Crippen LogP) is 1.69. The molecule has 1 heterocycles. The number of hydrogen-bond acceptors (Lipinski definition) is 4. The van der Waals surface area contributed by atoms with E-state index in [-0.39, 0.29) is 36.6 Å². The van der Waals surface area contributed by atoms with Crippen LogP contribution in [0.25, 0.3) is 0 Å². The zero-order valence-electron chi connectivity index (χ0n) is 8.90. The fraction of sp³-hybridized carbons (Fsp3) is 0.700. The van der Waals surface area contributed by atoms with Crippen molar-refractivity contribution in [3.05, 3.63) is 6.39 Å². The first kappa shape index (κ1) is 10.6.